The molecular formula is C15H23N3O2. The van der Waals surface area contributed by atoms with Gasteiger partial charge in [-0.15, -0.1) is 0 Å². The second-order valence-corrected chi connectivity index (χ2v) is 4.96. The normalized spacial score (nSPS) is 15.2. The van der Waals surface area contributed by atoms with Crippen molar-refractivity contribution in [3.8, 4) is 5.75 Å². The second-order valence-electron chi connectivity index (χ2n) is 4.96. The molecule has 0 spiro atoms. The third kappa shape index (κ3) is 5.09. The molecule has 1 aromatic carbocycles. The monoisotopic (exact) mass is 277 g/mol. The van der Waals surface area contributed by atoms with Crippen molar-refractivity contribution in [3.63, 3.8) is 0 Å². The Labute approximate surface area is 120 Å². The molecule has 0 aromatic heterocycles. The van der Waals surface area contributed by atoms with Crippen molar-refractivity contribution in [3.05, 3.63) is 24.3 Å². The molecule has 0 amide bonds. The van der Waals surface area contributed by atoms with Crippen LogP contribution in [0.5, 0.6) is 5.75 Å². The maximum absolute atomic E-state index is 5.84. The lowest BCUT2D eigenvalue weighted by molar-refractivity contribution is 0.123. The number of guanidine groups is 1. The van der Waals surface area contributed by atoms with Gasteiger partial charge in [-0.3, -0.25) is 4.99 Å². The number of nitrogens with two attached hydrogens (primary N) is 1. The largest absolute Gasteiger partial charge is 0.495 e. The number of benzene rings is 1. The summed E-state index contributed by atoms with van der Waals surface area (Å²) in [6.45, 7) is 2.32. The van der Waals surface area contributed by atoms with E-state index in [0.29, 0.717) is 12.5 Å². The Hall–Kier alpha value is -1.75. The van der Waals surface area contributed by atoms with Crippen LogP contribution < -0.4 is 15.8 Å². The van der Waals surface area contributed by atoms with E-state index in [1.54, 1.807) is 7.11 Å². The van der Waals surface area contributed by atoms with Gasteiger partial charge in [0.05, 0.1) is 12.8 Å². The van der Waals surface area contributed by atoms with Crippen LogP contribution in [0.1, 0.15) is 19.3 Å². The summed E-state index contributed by atoms with van der Waals surface area (Å²) >= 11 is 0. The van der Waals surface area contributed by atoms with E-state index in [2.05, 4.69) is 10.3 Å². The highest BCUT2D eigenvalue weighted by molar-refractivity contribution is 5.93. The quantitative estimate of drug-likeness (QED) is 0.434. The zero-order valence-corrected chi connectivity index (χ0v) is 12.0. The molecule has 1 fully saturated rings. The van der Waals surface area contributed by atoms with Gasteiger partial charge in [0, 0.05) is 19.8 Å². The molecule has 1 aliphatic rings. The van der Waals surface area contributed by atoms with Gasteiger partial charge >= 0.3 is 0 Å². The number of nitrogens with zero attached hydrogens (tertiary/aromatic N) is 1. The van der Waals surface area contributed by atoms with Crippen molar-refractivity contribution in [1.82, 2.24) is 0 Å². The van der Waals surface area contributed by atoms with E-state index in [0.717, 1.165) is 37.0 Å². The van der Waals surface area contributed by atoms with Crippen LogP contribution in [0.2, 0.25) is 0 Å². The minimum absolute atomic E-state index is 0.400. The molecule has 1 aromatic rings. The molecule has 5 heteroatoms. The van der Waals surface area contributed by atoms with Crippen LogP contribution in [0.25, 0.3) is 0 Å². The average molecular weight is 277 g/mol. The van der Waals surface area contributed by atoms with Crippen molar-refractivity contribution in [2.75, 3.05) is 32.2 Å². The molecule has 110 valence electrons. The summed E-state index contributed by atoms with van der Waals surface area (Å²) in [7, 11) is 1.63. The number of aliphatic imine (C=N–C) groups is 1. The molecule has 2 rings (SSSR count). The highest BCUT2D eigenvalue weighted by Crippen LogP contribution is 2.28. The molecule has 20 heavy (non-hydrogen) atoms. The third-order valence-corrected chi connectivity index (χ3v) is 3.15. The second kappa shape index (κ2) is 7.75. The first kappa shape index (κ1) is 14.7. The lowest BCUT2D eigenvalue weighted by atomic mass is 10.3. The molecule has 1 aliphatic carbocycles. The van der Waals surface area contributed by atoms with Crippen LogP contribution in [0.3, 0.4) is 0 Å². The van der Waals surface area contributed by atoms with E-state index in [9.17, 15) is 0 Å². The van der Waals surface area contributed by atoms with E-state index in [4.69, 9.17) is 15.2 Å². The Bertz CT molecular complexity index is 444. The molecule has 0 aliphatic heterocycles. The molecule has 0 unspecified atom stereocenters. The molecule has 0 radical (unpaired) electrons. The van der Waals surface area contributed by atoms with Gasteiger partial charge in [0.15, 0.2) is 5.96 Å². The number of nitrogens with one attached hydrogen (secondary N) is 1. The summed E-state index contributed by atoms with van der Waals surface area (Å²) < 4.78 is 10.8. The van der Waals surface area contributed by atoms with Crippen LogP contribution in [0, 0.1) is 5.92 Å². The van der Waals surface area contributed by atoms with Crippen molar-refractivity contribution < 1.29 is 9.47 Å². The maximum atomic E-state index is 5.84. The Morgan fingerprint density at radius 1 is 1.40 bits per heavy atom. The van der Waals surface area contributed by atoms with Crippen LogP contribution >= 0.6 is 0 Å². The highest BCUT2D eigenvalue weighted by Gasteiger charge is 2.20. The van der Waals surface area contributed by atoms with E-state index in [1.807, 2.05) is 24.3 Å². The lowest BCUT2D eigenvalue weighted by Gasteiger charge is -2.10. The highest BCUT2D eigenvalue weighted by atomic mass is 16.5. The number of ether oxygens (including phenoxy) is 2. The first-order chi connectivity index (χ1) is 9.79. The van der Waals surface area contributed by atoms with Gasteiger partial charge in [-0.1, -0.05) is 12.1 Å². The molecular weight excluding hydrogens is 254 g/mol. The lowest BCUT2D eigenvalue weighted by Crippen LogP contribution is -2.23. The topological polar surface area (TPSA) is 68.9 Å². The zero-order chi connectivity index (χ0) is 14.2. The summed E-state index contributed by atoms with van der Waals surface area (Å²) in [5.74, 6) is 1.96. The van der Waals surface area contributed by atoms with E-state index in [1.165, 1.54) is 12.8 Å². The SMILES string of the molecule is COc1ccccc1NC(N)=NCCCOCC1CC1. The smallest absolute Gasteiger partial charge is 0.193 e. The summed E-state index contributed by atoms with van der Waals surface area (Å²) in [4.78, 5) is 4.27. The van der Waals surface area contributed by atoms with Gasteiger partial charge in [0.2, 0.25) is 0 Å². The van der Waals surface area contributed by atoms with E-state index < -0.39 is 0 Å². The summed E-state index contributed by atoms with van der Waals surface area (Å²) in [5, 5.41) is 3.04. The molecule has 1 saturated carbocycles. The fourth-order valence-corrected chi connectivity index (χ4v) is 1.83. The average Bonchev–Trinajstić information content (AvgIpc) is 3.27. The van der Waals surface area contributed by atoms with Gasteiger partial charge < -0.3 is 20.5 Å². The predicted molar refractivity (Wildman–Crippen MR) is 81.3 cm³/mol. The Balaban J connectivity index is 1.67. The summed E-state index contributed by atoms with van der Waals surface area (Å²) in [6, 6.07) is 7.61. The first-order valence-corrected chi connectivity index (χ1v) is 7.07. The van der Waals surface area contributed by atoms with Crippen molar-refractivity contribution in [2.24, 2.45) is 16.6 Å². The fraction of sp³-hybridized carbons (Fsp3) is 0.533. The van der Waals surface area contributed by atoms with Crippen molar-refractivity contribution >= 4 is 11.6 Å². The number of hydrogen-bond acceptors (Lipinski definition) is 3. The van der Waals surface area contributed by atoms with Crippen molar-refractivity contribution in [1.29, 1.82) is 0 Å². The van der Waals surface area contributed by atoms with Crippen molar-refractivity contribution in [2.45, 2.75) is 19.3 Å². The van der Waals surface area contributed by atoms with E-state index >= 15 is 0 Å². The summed E-state index contributed by atoms with van der Waals surface area (Å²) in [6.07, 6.45) is 3.54. The van der Waals surface area contributed by atoms with Crippen LogP contribution in [-0.4, -0.2) is 32.8 Å². The maximum Gasteiger partial charge on any atom is 0.193 e. The molecule has 5 nitrogen and oxygen atoms in total. The minimum atomic E-state index is 0.400. The summed E-state index contributed by atoms with van der Waals surface area (Å²) in [5.41, 5.74) is 6.67. The van der Waals surface area contributed by atoms with Gasteiger partial charge in [0.25, 0.3) is 0 Å². The zero-order valence-electron chi connectivity index (χ0n) is 12.0. The van der Waals surface area contributed by atoms with Gasteiger partial charge in [-0.25, -0.2) is 0 Å². The minimum Gasteiger partial charge on any atom is -0.495 e. The number of para-hydroxylation sites is 2. The third-order valence-electron chi connectivity index (χ3n) is 3.15. The molecule has 0 bridgehead atoms. The number of rotatable bonds is 8. The Kier molecular flexibility index (Phi) is 5.68. The standard InChI is InChI=1S/C15H23N3O2/c1-19-14-6-3-2-5-13(14)18-15(16)17-9-4-10-20-11-12-7-8-12/h2-3,5-6,12H,4,7-11H2,1H3,(H3,16,17,18). The van der Waals surface area contributed by atoms with Gasteiger partial charge in [-0.05, 0) is 37.3 Å². The Morgan fingerprint density at radius 2 is 2.20 bits per heavy atom. The number of anilines is 1. The first-order valence-electron chi connectivity index (χ1n) is 7.07. The predicted octanol–water partition coefficient (Wildman–Crippen LogP) is 2.24. The molecule has 0 saturated heterocycles. The fourth-order valence-electron chi connectivity index (χ4n) is 1.83. The van der Waals surface area contributed by atoms with Gasteiger partial charge in [0.1, 0.15) is 5.75 Å². The number of methoxy groups -OCH3 is 1. The van der Waals surface area contributed by atoms with Crippen LogP contribution in [-0.2, 0) is 4.74 Å². The molecule has 0 atom stereocenters. The van der Waals surface area contributed by atoms with E-state index in [-0.39, 0.29) is 0 Å². The van der Waals surface area contributed by atoms with Crippen LogP contribution in [0.4, 0.5) is 5.69 Å². The number of hydrogen-bond donors (Lipinski definition) is 2. The van der Waals surface area contributed by atoms with Gasteiger partial charge in [-0.2, -0.15) is 0 Å². The van der Waals surface area contributed by atoms with Crippen LogP contribution in [0.15, 0.2) is 29.3 Å². The Morgan fingerprint density at radius 3 is 2.95 bits per heavy atom. The molecule has 3 N–H and O–H groups in total. The molecule has 0 heterocycles.